The summed E-state index contributed by atoms with van der Waals surface area (Å²) in [4.78, 5) is 41.0. The maximum absolute atomic E-state index is 13.7. The molecule has 2 N–H and O–H groups in total. The number of aromatic nitrogens is 3. The zero-order valence-electron chi connectivity index (χ0n) is 17.5. The molecule has 2 saturated heterocycles. The van der Waals surface area contributed by atoms with Crippen LogP contribution in [0.25, 0.3) is 0 Å². The lowest BCUT2D eigenvalue weighted by atomic mass is 9.88. The molecule has 2 aliphatic heterocycles. The Kier molecular flexibility index (Phi) is 5.77. The Hall–Kier alpha value is -2.49. The number of likely N-dealkylation sites (N-methyl/N-ethyl adjacent to an activating group) is 1. The summed E-state index contributed by atoms with van der Waals surface area (Å²) < 4.78 is 1.65. The van der Waals surface area contributed by atoms with E-state index in [2.05, 4.69) is 15.6 Å². The van der Waals surface area contributed by atoms with E-state index >= 15 is 0 Å². The Labute approximate surface area is 175 Å². The van der Waals surface area contributed by atoms with E-state index in [0.29, 0.717) is 31.8 Å². The van der Waals surface area contributed by atoms with Crippen molar-refractivity contribution in [2.45, 2.75) is 63.1 Å². The molecule has 1 unspecified atom stereocenters. The Morgan fingerprint density at radius 2 is 1.90 bits per heavy atom. The van der Waals surface area contributed by atoms with E-state index in [1.807, 2.05) is 6.20 Å². The van der Waals surface area contributed by atoms with Crippen LogP contribution < -0.4 is 5.32 Å². The highest BCUT2D eigenvalue weighted by Crippen LogP contribution is 2.40. The molecule has 0 spiro atoms. The van der Waals surface area contributed by atoms with E-state index in [0.717, 1.165) is 18.5 Å². The number of rotatable bonds is 5. The van der Waals surface area contributed by atoms with E-state index in [4.69, 9.17) is 0 Å². The van der Waals surface area contributed by atoms with Crippen molar-refractivity contribution in [3.63, 3.8) is 0 Å². The van der Waals surface area contributed by atoms with Crippen molar-refractivity contribution in [2.24, 2.45) is 5.92 Å². The number of nitrogens with one attached hydrogen (secondary N) is 1. The van der Waals surface area contributed by atoms with E-state index in [-0.39, 0.29) is 36.6 Å². The molecule has 10 heteroatoms. The first-order chi connectivity index (χ1) is 14.4. The van der Waals surface area contributed by atoms with Crippen molar-refractivity contribution in [3.05, 3.63) is 11.9 Å². The van der Waals surface area contributed by atoms with Gasteiger partial charge in [0.15, 0.2) is 0 Å². The zero-order chi connectivity index (χ0) is 21.4. The molecule has 0 bridgehead atoms. The number of β-amino-alcohol motifs (C(OH)–C–C–N with tert-alkyl or cyclic N) is 1. The second-order valence-electron chi connectivity index (χ2n) is 8.70. The maximum Gasteiger partial charge on any atom is 0.248 e. The SMILES string of the molecule is CNC(=O)[C@@H]1C[C@@H](O)CN1C(=O)C(C1CCN(C(C)=O)CC1)n1cc(C2CC2)nn1. The lowest BCUT2D eigenvalue weighted by Gasteiger charge is -2.37. The summed E-state index contributed by atoms with van der Waals surface area (Å²) in [6.07, 6.45) is 4.89. The van der Waals surface area contributed by atoms with Crippen LogP contribution in [0.1, 0.15) is 56.7 Å². The van der Waals surface area contributed by atoms with E-state index in [1.54, 1.807) is 16.5 Å². The molecular formula is C20H30N6O4. The van der Waals surface area contributed by atoms with Gasteiger partial charge in [0, 0.05) is 52.1 Å². The van der Waals surface area contributed by atoms with Gasteiger partial charge in [0.05, 0.1) is 11.8 Å². The van der Waals surface area contributed by atoms with Crippen LogP contribution in [0.5, 0.6) is 0 Å². The van der Waals surface area contributed by atoms with Crippen molar-refractivity contribution < 1.29 is 19.5 Å². The molecule has 164 valence electrons. The molecule has 30 heavy (non-hydrogen) atoms. The minimum Gasteiger partial charge on any atom is -0.391 e. The van der Waals surface area contributed by atoms with Crippen LogP contribution in [0.15, 0.2) is 6.20 Å². The second-order valence-corrected chi connectivity index (χ2v) is 8.70. The lowest BCUT2D eigenvalue weighted by molar-refractivity contribution is -0.143. The Morgan fingerprint density at radius 3 is 2.50 bits per heavy atom. The largest absolute Gasteiger partial charge is 0.391 e. The summed E-state index contributed by atoms with van der Waals surface area (Å²) in [5.74, 6) is -0.0577. The van der Waals surface area contributed by atoms with Crippen LogP contribution in [0.2, 0.25) is 0 Å². The summed E-state index contributed by atoms with van der Waals surface area (Å²) >= 11 is 0. The molecule has 3 atom stereocenters. The molecule has 1 aliphatic carbocycles. The number of nitrogens with zero attached hydrogens (tertiary/aromatic N) is 5. The summed E-state index contributed by atoms with van der Waals surface area (Å²) in [6.45, 7) is 2.87. The van der Waals surface area contributed by atoms with Gasteiger partial charge in [0.2, 0.25) is 17.7 Å². The monoisotopic (exact) mass is 418 g/mol. The van der Waals surface area contributed by atoms with Crippen LogP contribution in [-0.2, 0) is 14.4 Å². The van der Waals surface area contributed by atoms with Crippen molar-refractivity contribution >= 4 is 17.7 Å². The van der Waals surface area contributed by atoms with Crippen LogP contribution in [0.4, 0.5) is 0 Å². The fourth-order valence-corrected chi connectivity index (χ4v) is 4.70. The number of hydrogen-bond donors (Lipinski definition) is 2. The first kappa shape index (κ1) is 20.8. The van der Waals surface area contributed by atoms with Crippen molar-refractivity contribution in [1.29, 1.82) is 0 Å². The molecule has 1 aromatic rings. The minimum absolute atomic E-state index is 0.0232. The van der Waals surface area contributed by atoms with Gasteiger partial charge < -0.3 is 20.2 Å². The molecule has 0 aromatic carbocycles. The lowest BCUT2D eigenvalue weighted by Crippen LogP contribution is -2.50. The van der Waals surface area contributed by atoms with Crippen LogP contribution >= 0.6 is 0 Å². The van der Waals surface area contributed by atoms with Gasteiger partial charge in [0.25, 0.3) is 0 Å². The van der Waals surface area contributed by atoms with Crippen LogP contribution in [0.3, 0.4) is 0 Å². The molecule has 0 radical (unpaired) electrons. The predicted molar refractivity (Wildman–Crippen MR) is 106 cm³/mol. The third-order valence-electron chi connectivity index (χ3n) is 6.60. The number of carbonyl (C=O) groups excluding carboxylic acids is 3. The maximum atomic E-state index is 13.7. The van der Waals surface area contributed by atoms with Crippen LogP contribution in [-0.4, -0.2) is 86.4 Å². The number of piperidine rings is 1. The van der Waals surface area contributed by atoms with Gasteiger partial charge in [-0.2, -0.15) is 0 Å². The number of amides is 3. The summed E-state index contributed by atoms with van der Waals surface area (Å²) in [7, 11) is 1.53. The normalized spacial score (nSPS) is 26.0. The highest BCUT2D eigenvalue weighted by atomic mass is 16.3. The fraction of sp³-hybridized carbons (Fsp3) is 0.750. The molecule has 10 nitrogen and oxygen atoms in total. The van der Waals surface area contributed by atoms with Crippen molar-refractivity contribution in [3.8, 4) is 0 Å². The van der Waals surface area contributed by atoms with Gasteiger partial charge in [-0.05, 0) is 31.6 Å². The van der Waals surface area contributed by atoms with Crippen molar-refractivity contribution in [1.82, 2.24) is 30.1 Å². The highest BCUT2D eigenvalue weighted by molar-refractivity contribution is 5.90. The minimum atomic E-state index is -0.728. The van der Waals surface area contributed by atoms with Gasteiger partial charge in [-0.3, -0.25) is 14.4 Å². The van der Waals surface area contributed by atoms with Gasteiger partial charge in [-0.15, -0.1) is 5.10 Å². The van der Waals surface area contributed by atoms with Crippen LogP contribution in [0, 0.1) is 5.92 Å². The number of likely N-dealkylation sites (tertiary alicyclic amines) is 2. The first-order valence-electron chi connectivity index (χ1n) is 10.8. The Bertz CT molecular complexity index is 814. The molecule has 1 saturated carbocycles. The smallest absolute Gasteiger partial charge is 0.248 e. The third kappa shape index (κ3) is 4.05. The highest BCUT2D eigenvalue weighted by Gasteiger charge is 2.44. The molecular weight excluding hydrogens is 388 g/mol. The van der Waals surface area contributed by atoms with Crippen molar-refractivity contribution in [2.75, 3.05) is 26.7 Å². The predicted octanol–water partition coefficient (Wildman–Crippen LogP) is -0.337. The van der Waals surface area contributed by atoms with Gasteiger partial charge in [-0.25, -0.2) is 4.68 Å². The zero-order valence-corrected chi connectivity index (χ0v) is 17.5. The van der Waals surface area contributed by atoms with Gasteiger partial charge in [-0.1, -0.05) is 5.21 Å². The molecule has 3 amide bonds. The van der Waals surface area contributed by atoms with E-state index in [9.17, 15) is 19.5 Å². The number of aliphatic hydroxyl groups excluding tert-OH is 1. The second kappa shape index (κ2) is 8.33. The molecule has 4 rings (SSSR count). The molecule has 1 aromatic heterocycles. The molecule has 3 aliphatic rings. The Morgan fingerprint density at radius 1 is 1.20 bits per heavy atom. The summed E-state index contributed by atoms with van der Waals surface area (Å²) in [5, 5.41) is 21.3. The average Bonchev–Trinajstić information content (AvgIpc) is 3.35. The average molecular weight is 418 g/mol. The fourth-order valence-electron chi connectivity index (χ4n) is 4.70. The van der Waals surface area contributed by atoms with Gasteiger partial charge in [0.1, 0.15) is 12.1 Å². The number of hydrogen-bond acceptors (Lipinski definition) is 6. The van der Waals surface area contributed by atoms with E-state index < -0.39 is 18.2 Å². The molecule has 3 heterocycles. The number of carbonyl (C=O) groups is 3. The third-order valence-corrected chi connectivity index (χ3v) is 6.60. The topological polar surface area (TPSA) is 121 Å². The van der Waals surface area contributed by atoms with Gasteiger partial charge >= 0.3 is 0 Å². The summed E-state index contributed by atoms with van der Waals surface area (Å²) in [6, 6.07) is -1.29. The van der Waals surface area contributed by atoms with E-state index in [1.165, 1.54) is 11.9 Å². The number of aliphatic hydroxyl groups is 1. The quantitative estimate of drug-likeness (QED) is 0.675. The standard InChI is InChI=1S/C20H30N6O4/c1-12(27)24-7-5-14(6-8-24)18(26-11-16(22-23-26)13-3-4-13)20(30)25-10-15(28)9-17(25)19(29)21-2/h11,13-15,17-18,28H,3-10H2,1-2H3,(H,21,29)/t15-,17+,18?/m1/s1. The summed E-state index contributed by atoms with van der Waals surface area (Å²) in [5.41, 5.74) is 0.901. The first-order valence-corrected chi connectivity index (χ1v) is 10.8. The Balaban J connectivity index is 1.60. The molecule has 3 fully saturated rings.